The zero-order valence-electron chi connectivity index (χ0n) is 11.9. The summed E-state index contributed by atoms with van der Waals surface area (Å²) in [7, 11) is 0. The van der Waals surface area contributed by atoms with E-state index in [4.69, 9.17) is 5.73 Å². The normalized spacial score (nSPS) is 14.8. The Morgan fingerprint density at radius 3 is 1.89 bits per heavy atom. The Morgan fingerprint density at radius 1 is 1.11 bits per heavy atom. The quantitative estimate of drug-likeness (QED) is 0.731. The van der Waals surface area contributed by atoms with Crippen molar-refractivity contribution < 1.29 is 13.2 Å². The molecule has 0 saturated heterocycles. The van der Waals surface area contributed by atoms with E-state index in [1.807, 2.05) is 27.7 Å². The van der Waals surface area contributed by atoms with Crippen molar-refractivity contribution in [2.75, 3.05) is 13.1 Å². The molecule has 0 radical (unpaired) electrons. The van der Waals surface area contributed by atoms with Crippen LogP contribution in [-0.4, -0.2) is 36.2 Å². The van der Waals surface area contributed by atoms with Crippen LogP contribution in [0.15, 0.2) is 0 Å². The lowest BCUT2D eigenvalue weighted by molar-refractivity contribution is -0.192. The molecule has 0 saturated carbocycles. The molecular formula is C13H27F3N2. The van der Waals surface area contributed by atoms with E-state index >= 15 is 0 Å². The number of nitrogens with two attached hydrogens (primary N) is 1. The zero-order valence-corrected chi connectivity index (χ0v) is 11.9. The van der Waals surface area contributed by atoms with Gasteiger partial charge in [-0.25, -0.2) is 0 Å². The van der Waals surface area contributed by atoms with Crippen molar-refractivity contribution >= 4 is 0 Å². The highest BCUT2D eigenvalue weighted by Gasteiger charge is 2.44. The van der Waals surface area contributed by atoms with Crippen molar-refractivity contribution in [3.63, 3.8) is 0 Å². The lowest BCUT2D eigenvalue weighted by Gasteiger charge is -2.39. The Hall–Kier alpha value is -0.290. The predicted octanol–water partition coefficient (Wildman–Crippen LogP) is 3.41. The van der Waals surface area contributed by atoms with Crippen LogP contribution in [0.3, 0.4) is 0 Å². The lowest BCUT2D eigenvalue weighted by Crippen LogP contribution is -2.52. The van der Waals surface area contributed by atoms with E-state index in [-0.39, 0.29) is 24.9 Å². The summed E-state index contributed by atoms with van der Waals surface area (Å²) in [5, 5.41) is 0. The third kappa shape index (κ3) is 5.57. The van der Waals surface area contributed by atoms with E-state index in [2.05, 4.69) is 0 Å². The van der Waals surface area contributed by atoms with E-state index < -0.39 is 12.2 Å². The van der Waals surface area contributed by atoms with Crippen LogP contribution in [0.1, 0.15) is 47.0 Å². The molecule has 2 nitrogen and oxygen atoms in total. The third-order valence-corrected chi connectivity index (χ3v) is 3.21. The van der Waals surface area contributed by atoms with Crippen molar-refractivity contribution in [1.29, 1.82) is 0 Å². The summed E-state index contributed by atoms with van der Waals surface area (Å²) in [5.41, 5.74) is 5.35. The number of nitrogens with zero attached hydrogens (tertiary/aromatic N) is 1. The number of hydrogen-bond donors (Lipinski definition) is 1. The van der Waals surface area contributed by atoms with Gasteiger partial charge in [-0.2, -0.15) is 13.2 Å². The molecule has 0 aliphatic rings. The smallest absolute Gasteiger partial charge is 0.330 e. The first-order valence-corrected chi connectivity index (χ1v) is 6.80. The van der Waals surface area contributed by atoms with E-state index in [0.29, 0.717) is 6.54 Å². The molecule has 0 bridgehead atoms. The fraction of sp³-hybridized carbons (Fsp3) is 1.00. The molecule has 1 atom stereocenters. The maximum atomic E-state index is 13.1. The van der Waals surface area contributed by atoms with Crippen molar-refractivity contribution in [3.8, 4) is 0 Å². The molecule has 0 aromatic carbocycles. The molecule has 0 aromatic rings. The van der Waals surface area contributed by atoms with Crippen LogP contribution in [0.5, 0.6) is 0 Å². The second kappa shape index (κ2) is 8.00. The Labute approximate surface area is 109 Å². The van der Waals surface area contributed by atoms with Gasteiger partial charge in [-0.3, -0.25) is 4.90 Å². The second-order valence-electron chi connectivity index (χ2n) is 5.20. The zero-order chi connectivity index (χ0) is 14.3. The van der Waals surface area contributed by atoms with Gasteiger partial charge in [0.25, 0.3) is 0 Å². The van der Waals surface area contributed by atoms with Crippen LogP contribution >= 0.6 is 0 Å². The minimum atomic E-state index is -4.20. The SMILES string of the molecule is CCC(CC)N(CC(C)C)C(CCN)C(F)(F)F. The van der Waals surface area contributed by atoms with Gasteiger partial charge in [0.1, 0.15) is 6.04 Å². The molecule has 0 aliphatic heterocycles. The van der Waals surface area contributed by atoms with Gasteiger partial charge < -0.3 is 5.73 Å². The van der Waals surface area contributed by atoms with Crippen LogP contribution < -0.4 is 5.73 Å². The molecular weight excluding hydrogens is 241 g/mol. The summed E-state index contributed by atoms with van der Waals surface area (Å²) < 4.78 is 39.4. The number of rotatable bonds is 8. The Morgan fingerprint density at radius 2 is 1.61 bits per heavy atom. The molecule has 5 heteroatoms. The average Bonchev–Trinajstić information content (AvgIpc) is 2.24. The van der Waals surface area contributed by atoms with Crippen molar-refractivity contribution in [1.82, 2.24) is 4.90 Å². The van der Waals surface area contributed by atoms with Crippen LogP contribution in [0, 0.1) is 5.92 Å². The van der Waals surface area contributed by atoms with Crippen molar-refractivity contribution in [3.05, 3.63) is 0 Å². The van der Waals surface area contributed by atoms with E-state index in [9.17, 15) is 13.2 Å². The van der Waals surface area contributed by atoms with Crippen LogP contribution in [-0.2, 0) is 0 Å². The van der Waals surface area contributed by atoms with Gasteiger partial charge in [0, 0.05) is 12.6 Å². The average molecular weight is 268 g/mol. The van der Waals surface area contributed by atoms with Gasteiger partial charge in [0.05, 0.1) is 0 Å². The second-order valence-corrected chi connectivity index (χ2v) is 5.20. The van der Waals surface area contributed by atoms with Gasteiger partial charge in [-0.1, -0.05) is 27.7 Å². The third-order valence-electron chi connectivity index (χ3n) is 3.21. The minimum Gasteiger partial charge on any atom is -0.330 e. The van der Waals surface area contributed by atoms with Crippen LogP contribution in [0.25, 0.3) is 0 Å². The van der Waals surface area contributed by atoms with E-state index in [1.54, 1.807) is 4.90 Å². The van der Waals surface area contributed by atoms with E-state index in [0.717, 1.165) is 12.8 Å². The molecule has 0 rings (SSSR count). The summed E-state index contributed by atoms with van der Waals surface area (Å²) in [6.07, 6.45) is -2.75. The highest BCUT2D eigenvalue weighted by Crippen LogP contribution is 2.30. The van der Waals surface area contributed by atoms with Crippen molar-refractivity contribution in [2.24, 2.45) is 11.7 Å². The molecule has 0 amide bonds. The molecule has 18 heavy (non-hydrogen) atoms. The Balaban J connectivity index is 5.08. The fourth-order valence-electron chi connectivity index (χ4n) is 2.39. The fourth-order valence-corrected chi connectivity index (χ4v) is 2.39. The summed E-state index contributed by atoms with van der Waals surface area (Å²) in [6, 6.07) is -1.43. The number of halogens is 3. The number of alkyl halides is 3. The Kier molecular flexibility index (Phi) is 7.87. The van der Waals surface area contributed by atoms with Gasteiger partial charge in [0.15, 0.2) is 0 Å². The topological polar surface area (TPSA) is 29.3 Å². The molecule has 0 fully saturated rings. The largest absolute Gasteiger partial charge is 0.404 e. The molecule has 0 heterocycles. The van der Waals surface area contributed by atoms with Crippen molar-refractivity contribution in [2.45, 2.75) is 65.2 Å². The first-order valence-electron chi connectivity index (χ1n) is 6.80. The maximum Gasteiger partial charge on any atom is 0.404 e. The summed E-state index contributed by atoms with van der Waals surface area (Å²) >= 11 is 0. The molecule has 110 valence electrons. The first kappa shape index (κ1) is 17.7. The van der Waals surface area contributed by atoms with Gasteiger partial charge in [-0.15, -0.1) is 0 Å². The van der Waals surface area contributed by atoms with Gasteiger partial charge >= 0.3 is 6.18 Å². The summed E-state index contributed by atoms with van der Waals surface area (Å²) in [5.74, 6) is 0.216. The van der Waals surface area contributed by atoms with Gasteiger partial charge in [-0.05, 0) is 31.7 Å². The number of hydrogen-bond acceptors (Lipinski definition) is 2. The van der Waals surface area contributed by atoms with E-state index in [1.165, 1.54) is 0 Å². The molecule has 1 unspecified atom stereocenters. The Bertz CT molecular complexity index is 213. The monoisotopic (exact) mass is 268 g/mol. The molecule has 0 aliphatic carbocycles. The predicted molar refractivity (Wildman–Crippen MR) is 69.4 cm³/mol. The molecule has 2 N–H and O–H groups in total. The summed E-state index contributed by atoms with van der Waals surface area (Å²) in [4.78, 5) is 1.61. The lowest BCUT2D eigenvalue weighted by atomic mass is 10.0. The highest BCUT2D eigenvalue weighted by molar-refractivity contribution is 4.84. The first-order chi connectivity index (χ1) is 8.27. The maximum absolute atomic E-state index is 13.1. The molecule has 0 aromatic heterocycles. The standard InChI is InChI=1S/C13H27F3N2/c1-5-11(6-2)18(9-10(3)4)12(7-8-17)13(14,15)16/h10-12H,5-9,17H2,1-4H3. The molecule has 0 spiro atoms. The highest BCUT2D eigenvalue weighted by atomic mass is 19.4. The van der Waals surface area contributed by atoms with Gasteiger partial charge in [0.2, 0.25) is 0 Å². The minimum absolute atomic E-state index is 0.0211. The summed E-state index contributed by atoms with van der Waals surface area (Å²) in [6.45, 7) is 8.32. The van der Waals surface area contributed by atoms with Crippen LogP contribution in [0.2, 0.25) is 0 Å². The van der Waals surface area contributed by atoms with Crippen LogP contribution in [0.4, 0.5) is 13.2 Å².